The number of para-hydroxylation sites is 4. The van der Waals surface area contributed by atoms with Gasteiger partial charge >= 0.3 is 0 Å². The minimum absolute atomic E-state index is 1.11. The minimum atomic E-state index is 1.11. The molecule has 0 aromatic heterocycles. The highest BCUT2D eigenvalue weighted by atomic mass is 15.1. The van der Waals surface area contributed by atoms with Gasteiger partial charge in [0, 0.05) is 34.1 Å². The summed E-state index contributed by atoms with van der Waals surface area (Å²) in [6.07, 6.45) is 0. The fourth-order valence-corrected chi connectivity index (χ4v) is 10.2. The van der Waals surface area contributed by atoms with Gasteiger partial charge in [-0.25, -0.2) is 0 Å². The minimum Gasteiger partial charge on any atom is -0.311 e. The van der Waals surface area contributed by atoms with Crippen LogP contribution in [0.15, 0.2) is 267 Å². The van der Waals surface area contributed by atoms with Crippen LogP contribution in [0.1, 0.15) is 0 Å². The molecule has 0 saturated heterocycles. The molecule has 0 amide bonds. The maximum absolute atomic E-state index is 2.32. The fraction of sp³-hybridized carbons (Fsp3) is 0. The normalized spacial score (nSPS) is 11.3. The van der Waals surface area contributed by atoms with E-state index in [0.717, 1.165) is 34.1 Å². The Balaban J connectivity index is 1.04. The van der Waals surface area contributed by atoms with Crippen molar-refractivity contribution in [2.24, 2.45) is 0 Å². The molecule has 0 aliphatic heterocycles. The zero-order valence-corrected chi connectivity index (χ0v) is 36.3. The van der Waals surface area contributed by atoms with E-state index in [2.05, 4.69) is 277 Å². The third-order valence-electron chi connectivity index (χ3n) is 13.0. The van der Waals surface area contributed by atoms with Crippen LogP contribution < -0.4 is 9.80 Å². The molecule has 0 spiro atoms. The molecule has 0 saturated carbocycles. The summed E-state index contributed by atoms with van der Waals surface area (Å²) in [6, 6.07) is 96.7. The topological polar surface area (TPSA) is 6.48 Å². The largest absolute Gasteiger partial charge is 0.311 e. The van der Waals surface area contributed by atoms with Crippen LogP contribution in [0.5, 0.6) is 0 Å². The lowest BCUT2D eigenvalue weighted by Crippen LogP contribution is -2.09. The Morgan fingerprint density at radius 3 is 0.561 bits per heavy atom. The van der Waals surface area contributed by atoms with E-state index in [0.29, 0.717) is 0 Å². The summed E-state index contributed by atoms with van der Waals surface area (Å²) >= 11 is 0. The number of nitrogens with zero attached hydrogens (tertiary/aromatic N) is 2. The van der Waals surface area contributed by atoms with E-state index in [-0.39, 0.29) is 0 Å². The van der Waals surface area contributed by atoms with Crippen LogP contribution in [-0.2, 0) is 0 Å². The van der Waals surface area contributed by atoms with E-state index in [1.165, 1.54) is 76.5 Å². The van der Waals surface area contributed by atoms with Crippen molar-refractivity contribution in [3.8, 4) is 33.4 Å². The van der Waals surface area contributed by atoms with Crippen molar-refractivity contribution < 1.29 is 0 Å². The summed E-state index contributed by atoms with van der Waals surface area (Å²) in [5, 5.41) is 9.87. The number of fused-ring (bicyclic) bond motifs is 4. The molecule has 12 rings (SSSR count). The average molecular weight is 841 g/mol. The van der Waals surface area contributed by atoms with E-state index >= 15 is 0 Å². The number of hydrogen-bond donors (Lipinski definition) is 0. The Hall–Kier alpha value is -8.72. The van der Waals surface area contributed by atoms with Gasteiger partial charge in [0.1, 0.15) is 0 Å². The quantitative estimate of drug-likeness (QED) is 0.134. The first-order valence-electron chi connectivity index (χ1n) is 22.7. The van der Waals surface area contributed by atoms with Crippen LogP contribution in [0.4, 0.5) is 34.1 Å². The lowest BCUT2D eigenvalue weighted by atomic mass is 9.81. The van der Waals surface area contributed by atoms with E-state index in [9.17, 15) is 0 Å². The molecule has 12 aromatic carbocycles. The number of benzene rings is 12. The molecule has 0 atom stereocenters. The second kappa shape index (κ2) is 16.8. The van der Waals surface area contributed by atoms with Gasteiger partial charge in [-0.15, -0.1) is 0 Å². The fourth-order valence-electron chi connectivity index (χ4n) is 10.2. The van der Waals surface area contributed by atoms with Crippen molar-refractivity contribution in [3.63, 3.8) is 0 Å². The second-order valence-electron chi connectivity index (χ2n) is 16.8. The molecule has 310 valence electrons. The molecule has 0 aliphatic rings. The Labute approximate surface area is 385 Å². The standard InChI is InChI=1S/C64H44N2/c1-5-21-47(22-6-1)65(48-23-7-2-8-24-48)51-41-37-45(38-42-51)61-53-29-13-17-33-57(53)63(58-34-18-14-30-54(58)61)64-59-35-19-15-31-55(59)62(56-32-16-20-36-60(56)64)46-39-43-52(44-40-46)66(49-25-9-3-10-26-49)50-27-11-4-12-28-50/h1-44H. The van der Waals surface area contributed by atoms with E-state index in [4.69, 9.17) is 0 Å². The summed E-state index contributed by atoms with van der Waals surface area (Å²) in [7, 11) is 0. The molecule has 2 heteroatoms. The third kappa shape index (κ3) is 6.75. The average Bonchev–Trinajstić information content (AvgIpc) is 3.39. The van der Waals surface area contributed by atoms with Crippen molar-refractivity contribution in [2.75, 3.05) is 9.80 Å². The van der Waals surface area contributed by atoms with Crippen LogP contribution in [-0.4, -0.2) is 0 Å². The molecule has 0 bridgehead atoms. The highest BCUT2D eigenvalue weighted by Crippen LogP contribution is 2.50. The van der Waals surface area contributed by atoms with E-state index in [1.54, 1.807) is 0 Å². The van der Waals surface area contributed by atoms with Crippen LogP contribution in [0.3, 0.4) is 0 Å². The van der Waals surface area contributed by atoms with Crippen LogP contribution in [0, 0.1) is 0 Å². The molecule has 0 unspecified atom stereocenters. The van der Waals surface area contributed by atoms with Crippen molar-refractivity contribution in [3.05, 3.63) is 267 Å². The Morgan fingerprint density at radius 1 is 0.152 bits per heavy atom. The monoisotopic (exact) mass is 840 g/mol. The molecule has 0 aliphatic carbocycles. The number of rotatable bonds is 9. The number of hydrogen-bond acceptors (Lipinski definition) is 2. The summed E-state index contributed by atoms with van der Waals surface area (Å²) in [6.45, 7) is 0. The summed E-state index contributed by atoms with van der Waals surface area (Å²) < 4.78 is 0. The molecular formula is C64H44N2. The van der Waals surface area contributed by atoms with Gasteiger partial charge in [0.2, 0.25) is 0 Å². The van der Waals surface area contributed by atoms with Crippen molar-refractivity contribution in [1.29, 1.82) is 0 Å². The van der Waals surface area contributed by atoms with Crippen molar-refractivity contribution in [1.82, 2.24) is 0 Å². The molecule has 12 aromatic rings. The second-order valence-corrected chi connectivity index (χ2v) is 16.8. The van der Waals surface area contributed by atoms with Gasteiger partial charge in [0.15, 0.2) is 0 Å². The smallest absolute Gasteiger partial charge is 0.0462 e. The first-order valence-corrected chi connectivity index (χ1v) is 22.7. The maximum Gasteiger partial charge on any atom is 0.0462 e. The van der Waals surface area contributed by atoms with E-state index in [1.807, 2.05) is 0 Å². The maximum atomic E-state index is 2.32. The Kier molecular flexibility index (Phi) is 9.89. The third-order valence-corrected chi connectivity index (χ3v) is 13.0. The molecule has 0 radical (unpaired) electrons. The van der Waals surface area contributed by atoms with Gasteiger partial charge in [0.25, 0.3) is 0 Å². The van der Waals surface area contributed by atoms with Gasteiger partial charge in [-0.1, -0.05) is 194 Å². The highest BCUT2D eigenvalue weighted by Gasteiger charge is 2.23. The number of anilines is 6. The lowest BCUT2D eigenvalue weighted by molar-refractivity contribution is 1.28. The molecular weight excluding hydrogens is 797 g/mol. The zero-order valence-electron chi connectivity index (χ0n) is 36.3. The van der Waals surface area contributed by atoms with Gasteiger partial charge in [-0.2, -0.15) is 0 Å². The molecule has 0 fully saturated rings. The van der Waals surface area contributed by atoms with Crippen molar-refractivity contribution >= 4 is 77.2 Å². The van der Waals surface area contributed by atoms with E-state index < -0.39 is 0 Å². The van der Waals surface area contributed by atoms with Crippen LogP contribution in [0.2, 0.25) is 0 Å². The van der Waals surface area contributed by atoms with Gasteiger partial charge in [-0.05, 0) is 149 Å². The molecule has 66 heavy (non-hydrogen) atoms. The lowest BCUT2D eigenvalue weighted by Gasteiger charge is -2.26. The summed E-state index contributed by atoms with van der Waals surface area (Å²) in [5.74, 6) is 0. The first kappa shape index (κ1) is 38.9. The SMILES string of the molecule is c1ccc(N(c2ccccc2)c2ccc(-c3c4ccccc4c(-c4c5ccccc5c(-c5ccc(N(c6ccccc6)c6ccccc6)cc5)c5ccccc45)c4ccccc34)cc2)cc1. The Morgan fingerprint density at radius 2 is 0.333 bits per heavy atom. The van der Waals surface area contributed by atoms with Gasteiger partial charge in [0.05, 0.1) is 0 Å². The Bertz CT molecular complexity index is 3220. The van der Waals surface area contributed by atoms with Crippen LogP contribution in [0.25, 0.3) is 76.5 Å². The van der Waals surface area contributed by atoms with Gasteiger partial charge in [-0.3, -0.25) is 0 Å². The predicted molar refractivity (Wildman–Crippen MR) is 282 cm³/mol. The molecule has 0 heterocycles. The first-order chi connectivity index (χ1) is 32.8. The zero-order chi connectivity index (χ0) is 43.8. The van der Waals surface area contributed by atoms with Crippen LogP contribution >= 0.6 is 0 Å². The predicted octanol–water partition coefficient (Wildman–Crippen LogP) is 18.2. The molecule has 0 N–H and O–H groups in total. The summed E-state index contributed by atoms with van der Waals surface area (Å²) in [5.41, 5.74) is 14.1. The highest BCUT2D eigenvalue weighted by molar-refractivity contribution is 6.30. The summed E-state index contributed by atoms with van der Waals surface area (Å²) in [4.78, 5) is 4.64. The van der Waals surface area contributed by atoms with Crippen molar-refractivity contribution in [2.45, 2.75) is 0 Å². The van der Waals surface area contributed by atoms with Gasteiger partial charge < -0.3 is 9.80 Å². The molecule has 2 nitrogen and oxygen atoms in total.